The largest absolute Gasteiger partial charge is 0.340 e. The van der Waals surface area contributed by atoms with Crippen LogP contribution in [-0.4, -0.2) is 62.6 Å². The highest BCUT2D eigenvalue weighted by atomic mass is 79.9. The number of rotatable bonds is 3. The van der Waals surface area contributed by atoms with Gasteiger partial charge < -0.3 is 4.90 Å². The molecule has 8 heteroatoms. The maximum Gasteiger partial charge on any atom is 0.244 e. The van der Waals surface area contributed by atoms with E-state index in [1.807, 2.05) is 24.3 Å². The molecule has 0 spiro atoms. The van der Waals surface area contributed by atoms with Crippen molar-refractivity contribution in [1.82, 2.24) is 14.5 Å². The Balaban J connectivity index is 1.81. The van der Waals surface area contributed by atoms with Crippen molar-refractivity contribution < 1.29 is 13.2 Å². The van der Waals surface area contributed by atoms with Crippen LogP contribution in [0.5, 0.6) is 0 Å². The minimum atomic E-state index is -3.36. The molecule has 2 fully saturated rings. The lowest BCUT2D eigenvalue weighted by Crippen LogP contribution is -2.45. The van der Waals surface area contributed by atoms with Gasteiger partial charge in [-0.25, -0.2) is 13.1 Å². The van der Waals surface area contributed by atoms with Crippen LogP contribution in [-0.2, 0) is 14.8 Å². The fraction of sp³-hybridized carbons (Fsp3) is 0.667. The number of sulfonamides is 1. The first-order chi connectivity index (χ1) is 14.0. The maximum atomic E-state index is 13.7. The number of hydrogen-bond acceptors (Lipinski definition) is 4. The summed E-state index contributed by atoms with van der Waals surface area (Å²) in [5.74, 6) is -0.00676. The highest BCUT2D eigenvalue weighted by Gasteiger charge is 2.33. The molecule has 0 radical (unpaired) electrons. The van der Waals surface area contributed by atoms with E-state index < -0.39 is 10.0 Å². The van der Waals surface area contributed by atoms with E-state index in [1.165, 1.54) is 0 Å². The van der Waals surface area contributed by atoms with Gasteiger partial charge in [0.2, 0.25) is 15.9 Å². The van der Waals surface area contributed by atoms with Crippen molar-refractivity contribution >= 4 is 31.9 Å². The topological polar surface area (TPSA) is 69.7 Å². The minimum absolute atomic E-state index is 0.0291. The fourth-order valence-corrected chi connectivity index (χ4v) is 5.47. The van der Waals surface area contributed by atoms with Gasteiger partial charge in [-0.15, -0.1) is 0 Å². The predicted molar refractivity (Wildman–Crippen MR) is 119 cm³/mol. The number of halogens is 1. The quantitative estimate of drug-likeness (QED) is 0.712. The van der Waals surface area contributed by atoms with Crippen LogP contribution in [0, 0.1) is 0 Å². The summed E-state index contributed by atoms with van der Waals surface area (Å²) in [6.45, 7) is 3.16. The van der Waals surface area contributed by atoms with E-state index in [0.717, 1.165) is 68.1 Å². The second-order valence-electron chi connectivity index (χ2n) is 8.00. The third-order valence-electron chi connectivity index (χ3n) is 5.79. The van der Waals surface area contributed by atoms with E-state index in [0.29, 0.717) is 13.1 Å². The number of hydrogen-bond donors (Lipinski definition) is 1. The Morgan fingerprint density at radius 2 is 1.52 bits per heavy atom. The number of likely N-dealkylation sites (tertiary alicyclic amines) is 1. The summed E-state index contributed by atoms with van der Waals surface area (Å²) in [5.41, 5.74) is 0.979. The molecule has 1 atom stereocenters. The molecule has 1 aromatic rings. The summed E-state index contributed by atoms with van der Waals surface area (Å²) in [6, 6.07) is 7.60. The molecular formula is C21H32BrN3O3S. The van der Waals surface area contributed by atoms with E-state index in [9.17, 15) is 13.2 Å². The average molecular weight is 486 g/mol. The Kier molecular flexibility index (Phi) is 8.53. The zero-order chi connectivity index (χ0) is 20.7. The third kappa shape index (κ3) is 6.77. The summed E-state index contributed by atoms with van der Waals surface area (Å²) in [5, 5.41) is 0. The van der Waals surface area contributed by atoms with Gasteiger partial charge in [0.15, 0.2) is 0 Å². The lowest BCUT2D eigenvalue weighted by Gasteiger charge is -2.33. The van der Waals surface area contributed by atoms with Crippen molar-refractivity contribution in [1.29, 1.82) is 0 Å². The molecule has 6 nitrogen and oxygen atoms in total. The monoisotopic (exact) mass is 485 g/mol. The van der Waals surface area contributed by atoms with Crippen molar-refractivity contribution in [3.8, 4) is 0 Å². The number of nitrogens with zero attached hydrogens (tertiary/aromatic N) is 2. The Hall–Kier alpha value is -0.960. The van der Waals surface area contributed by atoms with E-state index in [1.54, 1.807) is 4.90 Å². The molecule has 29 heavy (non-hydrogen) atoms. The lowest BCUT2D eigenvalue weighted by atomic mass is 10.0. The molecule has 1 N–H and O–H groups in total. The standard InChI is InChI=1S/C21H32BrN3O3S/c22-19-10-8-18(9-11-19)20(24-13-6-7-14-24)21(26)25-15-5-3-1-2-4-12-23-29(27,28)17-16-25/h8-11,20,23H,1-7,12-17H2. The van der Waals surface area contributed by atoms with Crippen LogP contribution < -0.4 is 4.72 Å². The van der Waals surface area contributed by atoms with Gasteiger partial charge in [-0.2, -0.15) is 0 Å². The molecule has 162 valence electrons. The van der Waals surface area contributed by atoms with E-state index >= 15 is 0 Å². The Morgan fingerprint density at radius 3 is 2.24 bits per heavy atom. The van der Waals surface area contributed by atoms with Gasteiger partial charge in [-0.1, -0.05) is 47.3 Å². The first-order valence-electron chi connectivity index (χ1n) is 10.7. The normalized spacial score (nSPS) is 23.1. The molecule has 0 saturated carbocycles. The van der Waals surface area contributed by atoms with Gasteiger partial charge >= 0.3 is 0 Å². The zero-order valence-corrected chi connectivity index (χ0v) is 19.4. The molecule has 1 unspecified atom stereocenters. The second-order valence-corrected chi connectivity index (χ2v) is 10.8. The van der Waals surface area contributed by atoms with Crippen molar-refractivity contribution in [2.75, 3.05) is 38.5 Å². The summed E-state index contributed by atoms with van der Waals surface area (Å²) in [4.78, 5) is 17.7. The predicted octanol–water partition coefficient (Wildman–Crippen LogP) is 3.30. The summed E-state index contributed by atoms with van der Waals surface area (Å²) in [6.07, 6.45) is 7.16. The molecule has 0 aromatic heterocycles. The van der Waals surface area contributed by atoms with Gasteiger partial charge in [0.05, 0.1) is 5.75 Å². The summed E-state index contributed by atoms with van der Waals surface area (Å²) < 4.78 is 28.3. The number of nitrogens with one attached hydrogen (secondary N) is 1. The van der Waals surface area contributed by atoms with Gasteiger partial charge in [-0.3, -0.25) is 9.69 Å². The third-order valence-corrected chi connectivity index (χ3v) is 7.69. The van der Waals surface area contributed by atoms with Crippen molar-refractivity contribution in [3.63, 3.8) is 0 Å². The van der Waals surface area contributed by atoms with E-state index in [4.69, 9.17) is 0 Å². The SMILES string of the molecule is O=C(C(c1ccc(Br)cc1)N1CCCC1)N1CCCCCCCNS(=O)(=O)CC1. The second kappa shape index (κ2) is 10.9. The number of benzene rings is 1. The summed E-state index contributed by atoms with van der Waals surface area (Å²) >= 11 is 3.47. The number of carbonyl (C=O) groups is 1. The lowest BCUT2D eigenvalue weighted by molar-refractivity contribution is -0.136. The highest BCUT2D eigenvalue weighted by Crippen LogP contribution is 2.28. The van der Waals surface area contributed by atoms with Crippen LogP contribution in [0.1, 0.15) is 56.6 Å². The number of carbonyl (C=O) groups excluding carboxylic acids is 1. The molecule has 1 aromatic carbocycles. The Labute approximate surface area is 183 Å². The maximum absolute atomic E-state index is 13.7. The molecule has 2 aliphatic rings. The first kappa shape index (κ1) is 22.7. The summed E-state index contributed by atoms with van der Waals surface area (Å²) in [7, 11) is -3.36. The first-order valence-corrected chi connectivity index (χ1v) is 13.2. The molecule has 0 aliphatic carbocycles. The van der Waals surface area contributed by atoms with Crippen molar-refractivity contribution in [3.05, 3.63) is 34.3 Å². The van der Waals surface area contributed by atoms with Crippen molar-refractivity contribution in [2.45, 2.75) is 51.0 Å². The zero-order valence-electron chi connectivity index (χ0n) is 17.0. The molecule has 3 rings (SSSR count). The van der Waals surface area contributed by atoms with Crippen LogP contribution in [0.2, 0.25) is 0 Å². The fourth-order valence-electron chi connectivity index (χ4n) is 4.15. The van der Waals surface area contributed by atoms with E-state index in [2.05, 4.69) is 25.6 Å². The van der Waals surface area contributed by atoms with Crippen LogP contribution in [0.4, 0.5) is 0 Å². The van der Waals surface area contributed by atoms with Crippen LogP contribution in [0.3, 0.4) is 0 Å². The molecule has 0 bridgehead atoms. The van der Waals surface area contributed by atoms with E-state index in [-0.39, 0.29) is 24.2 Å². The van der Waals surface area contributed by atoms with Gasteiger partial charge in [0, 0.05) is 24.1 Å². The average Bonchev–Trinajstić information content (AvgIpc) is 3.21. The number of amides is 1. The van der Waals surface area contributed by atoms with Gasteiger partial charge in [0.1, 0.15) is 6.04 Å². The highest BCUT2D eigenvalue weighted by molar-refractivity contribution is 9.10. The molecular weight excluding hydrogens is 454 g/mol. The Bertz CT molecular complexity index is 764. The minimum Gasteiger partial charge on any atom is -0.340 e. The van der Waals surface area contributed by atoms with Gasteiger partial charge in [-0.05, 0) is 56.5 Å². The smallest absolute Gasteiger partial charge is 0.244 e. The molecule has 2 aliphatic heterocycles. The molecule has 2 saturated heterocycles. The van der Waals surface area contributed by atoms with Crippen LogP contribution >= 0.6 is 15.9 Å². The van der Waals surface area contributed by atoms with Crippen molar-refractivity contribution in [2.24, 2.45) is 0 Å². The Morgan fingerprint density at radius 1 is 0.897 bits per heavy atom. The molecule has 2 heterocycles. The van der Waals surface area contributed by atoms with Gasteiger partial charge in [0.25, 0.3) is 0 Å². The molecule has 1 amide bonds. The van der Waals surface area contributed by atoms with Crippen LogP contribution in [0.15, 0.2) is 28.7 Å². The van der Waals surface area contributed by atoms with Crippen LogP contribution in [0.25, 0.3) is 0 Å².